The number of nitrogens with one attached hydrogen (secondary N) is 2. The van der Waals surface area contributed by atoms with Crippen molar-refractivity contribution in [1.82, 2.24) is 10.6 Å². The number of rotatable bonds is 9. The van der Waals surface area contributed by atoms with Crippen LogP contribution in [0.3, 0.4) is 0 Å². The molecule has 0 aliphatic heterocycles. The second-order valence-electron chi connectivity index (χ2n) is 4.89. The van der Waals surface area contributed by atoms with Crippen LogP contribution < -0.4 is 20.1 Å². The van der Waals surface area contributed by atoms with Gasteiger partial charge in [0.2, 0.25) is 0 Å². The van der Waals surface area contributed by atoms with E-state index in [1.54, 1.807) is 7.11 Å². The molecule has 2 N–H and O–H groups in total. The smallest absolute Gasteiger partial charge is 0.258 e. The Morgan fingerprint density at radius 2 is 1.95 bits per heavy atom. The molecule has 0 bridgehead atoms. The van der Waals surface area contributed by atoms with Gasteiger partial charge in [-0.1, -0.05) is 19.9 Å². The lowest BCUT2D eigenvalue weighted by Crippen LogP contribution is -2.37. The van der Waals surface area contributed by atoms with Gasteiger partial charge in [0.05, 0.1) is 7.11 Å². The predicted molar refractivity (Wildman–Crippen MR) is 83.8 cm³/mol. The maximum Gasteiger partial charge on any atom is 0.258 e. The summed E-state index contributed by atoms with van der Waals surface area (Å²) in [6, 6.07) is 5.91. The van der Waals surface area contributed by atoms with Gasteiger partial charge in [-0.15, -0.1) is 0 Å². The minimum Gasteiger partial charge on any atom is -0.493 e. The van der Waals surface area contributed by atoms with E-state index in [4.69, 9.17) is 9.47 Å². The summed E-state index contributed by atoms with van der Waals surface area (Å²) in [5.74, 6) is 1.11. The van der Waals surface area contributed by atoms with Crippen molar-refractivity contribution in [2.45, 2.75) is 39.3 Å². The highest BCUT2D eigenvalue weighted by Gasteiger charge is 2.11. The van der Waals surface area contributed by atoms with Crippen LogP contribution in [-0.4, -0.2) is 32.7 Å². The van der Waals surface area contributed by atoms with Crippen LogP contribution in [0.1, 0.15) is 32.3 Å². The molecule has 0 heterocycles. The summed E-state index contributed by atoms with van der Waals surface area (Å²) in [4.78, 5) is 11.9. The molecule has 0 aliphatic carbocycles. The molecular weight excluding hydrogens is 268 g/mol. The third kappa shape index (κ3) is 5.63. The summed E-state index contributed by atoms with van der Waals surface area (Å²) in [5, 5.41) is 6.03. The van der Waals surface area contributed by atoms with Gasteiger partial charge in [0.25, 0.3) is 5.91 Å². The first-order chi connectivity index (χ1) is 10.1. The molecule has 0 saturated heterocycles. The maximum atomic E-state index is 11.9. The van der Waals surface area contributed by atoms with E-state index in [0.717, 1.165) is 24.9 Å². The molecule has 21 heavy (non-hydrogen) atoms. The molecule has 0 aromatic heterocycles. The Morgan fingerprint density at radius 1 is 1.24 bits per heavy atom. The van der Waals surface area contributed by atoms with E-state index in [0.29, 0.717) is 11.5 Å². The average Bonchev–Trinajstić information content (AvgIpc) is 2.51. The summed E-state index contributed by atoms with van der Waals surface area (Å²) in [5.41, 5.74) is 1.08. The van der Waals surface area contributed by atoms with Crippen LogP contribution >= 0.6 is 0 Å². The number of carbonyl (C=O) groups excluding carboxylic acids is 1. The molecule has 1 amide bonds. The highest BCUT2D eigenvalue weighted by atomic mass is 16.5. The molecule has 1 aromatic rings. The molecule has 0 radical (unpaired) electrons. The van der Waals surface area contributed by atoms with Gasteiger partial charge in [-0.2, -0.15) is 0 Å². The van der Waals surface area contributed by atoms with Crippen LogP contribution in [0.25, 0.3) is 0 Å². The maximum absolute atomic E-state index is 11.9. The molecule has 0 fully saturated rings. The Morgan fingerprint density at radius 3 is 2.52 bits per heavy atom. The van der Waals surface area contributed by atoms with Crippen LogP contribution in [-0.2, 0) is 11.3 Å². The fourth-order valence-corrected chi connectivity index (χ4v) is 2.05. The van der Waals surface area contributed by atoms with E-state index in [2.05, 4.69) is 24.5 Å². The Hall–Kier alpha value is -1.75. The molecule has 0 spiro atoms. The lowest BCUT2D eigenvalue weighted by molar-refractivity contribution is -0.123. The molecule has 1 rings (SSSR count). The van der Waals surface area contributed by atoms with E-state index < -0.39 is 0 Å². The molecule has 118 valence electrons. The quantitative estimate of drug-likeness (QED) is 0.732. The molecule has 0 unspecified atom stereocenters. The number of ether oxygens (including phenoxy) is 2. The standard InChI is InChI=1S/C16H26N2O3/c1-5-13(6-2)18-16(19)11-21-15-9-12(10-17-3)7-8-14(15)20-4/h7-9,13,17H,5-6,10-11H2,1-4H3,(H,18,19). The lowest BCUT2D eigenvalue weighted by atomic mass is 10.2. The van der Waals surface area contributed by atoms with Crippen LogP contribution in [0, 0.1) is 0 Å². The minimum atomic E-state index is -0.107. The van der Waals surface area contributed by atoms with E-state index in [1.807, 2.05) is 25.2 Å². The van der Waals surface area contributed by atoms with Gasteiger partial charge in [-0.05, 0) is 37.6 Å². The van der Waals surface area contributed by atoms with Crippen molar-refractivity contribution in [3.05, 3.63) is 23.8 Å². The number of carbonyl (C=O) groups is 1. The van der Waals surface area contributed by atoms with Gasteiger partial charge in [0.1, 0.15) is 0 Å². The number of hydrogen-bond acceptors (Lipinski definition) is 4. The van der Waals surface area contributed by atoms with Crippen LogP contribution in [0.4, 0.5) is 0 Å². The van der Waals surface area contributed by atoms with E-state index >= 15 is 0 Å². The fraction of sp³-hybridized carbons (Fsp3) is 0.562. The number of methoxy groups -OCH3 is 1. The van der Waals surface area contributed by atoms with Gasteiger partial charge in [-0.3, -0.25) is 4.79 Å². The Labute approximate surface area is 127 Å². The van der Waals surface area contributed by atoms with Crippen molar-refractivity contribution in [3.63, 3.8) is 0 Å². The highest BCUT2D eigenvalue weighted by molar-refractivity contribution is 5.77. The summed E-state index contributed by atoms with van der Waals surface area (Å²) < 4.78 is 10.9. The first-order valence-electron chi connectivity index (χ1n) is 7.38. The Bertz CT molecular complexity index is 445. The normalized spacial score (nSPS) is 10.5. The number of hydrogen-bond donors (Lipinski definition) is 2. The molecule has 0 aliphatic rings. The number of amides is 1. The largest absolute Gasteiger partial charge is 0.493 e. The van der Waals surface area contributed by atoms with Crippen molar-refractivity contribution < 1.29 is 14.3 Å². The second-order valence-corrected chi connectivity index (χ2v) is 4.89. The first kappa shape index (κ1) is 17.3. The summed E-state index contributed by atoms with van der Waals surface area (Å²) >= 11 is 0. The zero-order valence-corrected chi connectivity index (χ0v) is 13.4. The van der Waals surface area contributed by atoms with E-state index in [-0.39, 0.29) is 18.6 Å². The van der Waals surface area contributed by atoms with Crippen molar-refractivity contribution in [3.8, 4) is 11.5 Å². The molecular formula is C16H26N2O3. The van der Waals surface area contributed by atoms with E-state index in [1.165, 1.54) is 0 Å². The van der Waals surface area contributed by atoms with E-state index in [9.17, 15) is 4.79 Å². The van der Waals surface area contributed by atoms with Crippen LogP contribution in [0.15, 0.2) is 18.2 Å². The summed E-state index contributed by atoms with van der Waals surface area (Å²) in [6.45, 7) is 4.84. The minimum absolute atomic E-state index is 0.00410. The molecule has 0 atom stereocenters. The van der Waals surface area contributed by atoms with Crippen LogP contribution in [0.2, 0.25) is 0 Å². The summed E-state index contributed by atoms with van der Waals surface area (Å²) in [7, 11) is 3.47. The SMILES string of the molecule is CCC(CC)NC(=O)COc1cc(CNC)ccc1OC. The van der Waals surface area contributed by atoms with Gasteiger partial charge in [0, 0.05) is 12.6 Å². The fourth-order valence-electron chi connectivity index (χ4n) is 2.05. The van der Waals surface area contributed by atoms with Crippen LogP contribution in [0.5, 0.6) is 11.5 Å². The molecule has 5 heteroatoms. The summed E-state index contributed by atoms with van der Waals surface area (Å²) in [6.07, 6.45) is 1.84. The van der Waals surface area contributed by atoms with Gasteiger partial charge >= 0.3 is 0 Å². The van der Waals surface area contributed by atoms with Crippen molar-refractivity contribution >= 4 is 5.91 Å². The van der Waals surface area contributed by atoms with Crippen molar-refractivity contribution in [1.29, 1.82) is 0 Å². The first-order valence-corrected chi connectivity index (χ1v) is 7.38. The molecule has 0 saturated carbocycles. The van der Waals surface area contributed by atoms with Crippen molar-refractivity contribution in [2.75, 3.05) is 20.8 Å². The Kier molecular flexibility index (Phi) is 7.61. The number of benzene rings is 1. The topological polar surface area (TPSA) is 59.6 Å². The third-order valence-corrected chi connectivity index (χ3v) is 3.32. The van der Waals surface area contributed by atoms with Crippen molar-refractivity contribution in [2.24, 2.45) is 0 Å². The molecule has 1 aromatic carbocycles. The lowest BCUT2D eigenvalue weighted by Gasteiger charge is -2.16. The Balaban J connectivity index is 2.64. The van der Waals surface area contributed by atoms with Gasteiger partial charge in [-0.25, -0.2) is 0 Å². The third-order valence-electron chi connectivity index (χ3n) is 3.32. The molecule has 5 nitrogen and oxygen atoms in total. The van der Waals surface area contributed by atoms with Gasteiger partial charge in [0.15, 0.2) is 18.1 Å². The zero-order chi connectivity index (χ0) is 15.7. The van der Waals surface area contributed by atoms with Gasteiger partial charge < -0.3 is 20.1 Å². The monoisotopic (exact) mass is 294 g/mol. The second kappa shape index (κ2) is 9.23. The highest BCUT2D eigenvalue weighted by Crippen LogP contribution is 2.27. The zero-order valence-electron chi connectivity index (χ0n) is 13.4. The predicted octanol–water partition coefficient (Wildman–Crippen LogP) is 2.10. The average molecular weight is 294 g/mol.